The van der Waals surface area contributed by atoms with Crippen LogP contribution in [0.5, 0.6) is 0 Å². The molecule has 0 bridgehead atoms. The number of carbonyl (C=O) groups is 1. The lowest BCUT2D eigenvalue weighted by Crippen LogP contribution is -2.49. The van der Waals surface area contributed by atoms with Gasteiger partial charge in [-0.05, 0) is 68.1 Å². The quantitative estimate of drug-likeness (QED) is 0.477. The van der Waals surface area contributed by atoms with Crippen molar-refractivity contribution in [3.8, 4) is 0 Å². The van der Waals surface area contributed by atoms with Crippen LogP contribution in [0.3, 0.4) is 0 Å². The fraction of sp³-hybridized carbons (Fsp3) is 0.391. The van der Waals surface area contributed by atoms with E-state index in [1.54, 1.807) is 23.1 Å². The van der Waals surface area contributed by atoms with E-state index >= 15 is 0 Å². The molecule has 5 rings (SSSR count). The molecule has 0 N–H and O–H groups in total. The van der Waals surface area contributed by atoms with E-state index in [1.807, 2.05) is 0 Å². The van der Waals surface area contributed by atoms with Gasteiger partial charge in [0.05, 0.1) is 27.8 Å². The van der Waals surface area contributed by atoms with Crippen molar-refractivity contribution in [2.45, 2.75) is 42.7 Å². The van der Waals surface area contributed by atoms with Gasteiger partial charge in [-0.25, -0.2) is 17.8 Å². The summed E-state index contributed by atoms with van der Waals surface area (Å²) in [6, 6.07) is 9.14. The summed E-state index contributed by atoms with van der Waals surface area (Å²) in [7, 11) is -3.97. The fourth-order valence-corrected chi connectivity index (χ4v) is 7.36. The van der Waals surface area contributed by atoms with Gasteiger partial charge in [0.25, 0.3) is 0 Å². The van der Waals surface area contributed by atoms with Crippen molar-refractivity contribution < 1.29 is 22.3 Å². The number of anilines is 1. The SMILES string of the molecule is O=C(C1CCCN1S(=O)(=O)c1ccc(F)cc1)N(CC1CCCO1)c1nc2ccc(Cl)cc2s1. The molecule has 2 aliphatic rings. The molecule has 1 aromatic heterocycles. The van der Waals surface area contributed by atoms with Crippen LogP contribution in [0.25, 0.3) is 10.2 Å². The molecule has 11 heteroatoms. The highest BCUT2D eigenvalue weighted by molar-refractivity contribution is 7.89. The monoisotopic (exact) mass is 523 g/mol. The molecule has 3 aromatic rings. The molecular formula is C23H23ClFN3O4S2. The maximum atomic E-state index is 13.9. The van der Waals surface area contributed by atoms with Crippen molar-refractivity contribution in [2.24, 2.45) is 0 Å². The summed E-state index contributed by atoms with van der Waals surface area (Å²) < 4.78 is 47.9. The summed E-state index contributed by atoms with van der Waals surface area (Å²) in [5, 5.41) is 1.07. The van der Waals surface area contributed by atoms with E-state index in [9.17, 15) is 17.6 Å². The summed E-state index contributed by atoms with van der Waals surface area (Å²) in [5.41, 5.74) is 0.719. The Morgan fingerprint density at radius 3 is 2.74 bits per heavy atom. The van der Waals surface area contributed by atoms with E-state index in [2.05, 4.69) is 4.98 Å². The minimum absolute atomic E-state index is 0.0334. The summed E-state index contributed by atoms with van der Waals surface area (Å²) in [6.45, 7) is 1.16. The first kappa shape index (κ1) is 23.6. The lowest BCUT2D eigenvalue weighted by molar-refractivity contribution is -0.122. The van der Waals surface area contributed by atoms with Gasteiger partial charge in [-0.2, -0.15) is 4.31 Å². The molecule has 2 saturated heterocycles. The number of hydrogen-bond acceptors (Lipinski definition) is 6. The number of halogens is 2. The number of rotatable bonds is 6. The molecule has 0 saturated carbocycles. The van der Waals surface area contributed by atoms with Gasteiger partial charge >= 0.3 is 0 Å². The summed E-state index contributed by atoms with van der Waals surface area (Å²) in [4.78, 5) is 20.0. The van der Waals surface area contributed by atoms with Gasteiger partial charge in [0.15, 0.2) is 5.13 Å². The number of carbonyl (C=O) groups excluding carboxylic acids is 1. The van der Waals surface area contributed by atoms with Gasteiger partial charge in [-0.15, -0.1) is 0 Å². The second kappa shape index (κ2) is 9.50. The Morgan fingerprint density at radius 1 is 1.21 bits per heavy atom. The van der Waals surface area contributed by atoms with Crippen molar-refractivity contribution in [3.63, 3.8) is 0 Å². The largest absolute Gasteiger partial charge is 0.376 e. The third kappa shape index (κ3) is 4.57. The zero-order chi connectivity index (χ0) is 23.9. The van der Waals surface area contributed by atoms with Crippen LogP contribution in [-0.4, -0.2) is 55.5 Å². The Hall–Kier alpha value is -2.11. The average molecular weight is 524 g/mol. The zero-order valence-corrected chi connectivity index (χ0v) is 20.6. The van der Waals surface area contributed by atoms with Gasteiger partial charge in [0.2, 0.25) is 15.9 Å². The third-order valence-corrected chi connectivity index (χ3v) is 9.35. The molecule has 0 radical (unpaired) electrons. The van der Waals surface area contributed by atoms with Crippen molar-refractivity contribution in [1.29, 1.82) is 0 Å². The smallest absolute Gasteiger partial charge is 0.247 e. The molecule has 1 amide bonds. The predicted molar refractivity (Wildman–Crippen MR) is 129 cm³/mol. The number of thiazole rings is 1. The second-order valence-corrected chi connectivity index (χ2v) is 11.8. The third-order valence-electron chi connectivity index (χ3n) is 6.16. The maximum absolute atomic E-state index is 13.9. The van der Waals surface area contributed by atoms with Crippen molar-refractivity contribution >= 4 is 54.2 Å². The first-order valence-electron chi connectivity index (χ1n) is 11.1. The molecule has 2 aliphatic heterocycles. The number of fused-ring (bicyclic) bond motifs is 1. The minimum Gasteiger partial charge on any atom is -0.376 e. The molecule has 0 spiro atoms. The molecule has 0 aliphatic carbocycles. The van der Waals surface area contributed by atoms with Gasteiger partial charge in [0.1, 0.15) is 11.9 Å². The Morgan fingerprint density at radius 2 is 2.00 bits per heavy atom. The Balaban J connectivity index is 1.48. The standard InChI is InChI=1S/C23H23ClFN3O4S2/c24-15-5-10-19-21(13-15)33-23(26-19)27(14-17-3-2-12-32-17)22(29)20-4-1-11-28(20)34(30,31)18-8-6-16(25)7-9-18/h5-10,13,17,20H,1-4,11-12,14H2. The highest BCUT2D eigenvalue weighted by Crippen LogP contribution is 2.34. The van der Waals surface area contributed by atoms with Crippen LogP contribution in [0.1, 0.15) is 25.7 Å². The minimum atomic E-state index is -3.97. The molecule has 2 unspecified atom stereocenters. The Bertz CT molecular complexity index is 1310. The molecule has 2 fully saturated rings. The van der Waals surface area contributed by atoms with Crippen molar-refractivity contribution in [3.05, 3.63) is 53.3 Å². The number of ether oxygens (including phenoxy) is 1. The molecule has 180 valence electrons. The van der Waals surface area contributed by atoms with Crippen molar-refractivity contribution in [1.82, 2.24) is 9.29 Å². The number of hydrogen-bond donors (Lipinski definition) is 0. The van der Waals surface area contributed by atoms with Crippen LogP contribution in [-0.2, 0) is 19.6 Å². The van der Waals surface area contributed by atoms with Gasteiger partial charge in [-0.1, -0.05) is 22.9 Å². The average Bonchev–Trinajstić information content (AvgIpc) is 3.57. The lowest BCUT2D eigenvalue weighted by Gasteiger charge is -2.29. The summed E-state index contributed by atoms with van der Waals surface area (Å²) >= 11 is 7.47. The van der Waals surface area contributed by atoms with E-state index in [0.717, 1.165) is 35.2 Å². The first-order chi connectivity index (χ1) is 16.3. The molecule has 3 heterocycles. The van der Waals surface area contributed by atoms with Crippen molar-refractivity contribution in [2.75, 3.05) is 24.6 Å². The predicted octanol–water partition coefficient (Wildman–Crippen LogP) is 4.45. The van der Waals surface area contributed by atoms with E-state index in [0.29, 0.717) is 36.1 Å². The van der Waals surface area contributed by atoms with Crippen LogP contribution in [0.2, 0.25) is 5.02 Å². The summed E-state index contributed by atoms with van der Waals surface area (Å²) in [6.07, 6.45) is 2.56. The highest BCUT2D eigenvalue weighted by Gasteiger charge is 2.42. The second-order valence-electron chi connectivity index (χ2n) is 8.42. The maximum Gasteiger partial charge on any atom is 0.247 e. The van der Waals surface area contributed by atoms with Crippen LogP contribution in [0, 0.1) is 5.82 Å². The number of sulfonamides is 1. The first-order valence-corrected chi connectivity index (χ1v) is 13.7. The molecule has 34 heavy (non-hydrogen) atoms. The molecular weight excluding hydrogens is 501 g/mol. The van der Waals surface area contributed by atoms with Gasteiger partial charge in [0, 0.05) is 18.2 Å². The van der Waals surface area contributed by atoms with E-state index in [1.165, 1.54) is 27.8 Å². The Kier molecular flexibility index (Phi) is 6.60. The van der Waals surface area contributed by atoms with E-state index < -0.39 is 21.9 Å². The number of nitrogens with zero attached hydrogens (tertiary/aromatic N) is 3. The number of amides is 1. The molecule has 7 nitrogen and oxygen atoms in total. The van der Waals surface area contributed by atoms with Gasteiger partial charge < -0.3 is 4.74 Å². The van der Waals surface area contributed by atoms with Crippen LogP contribution >= 0.6 is 22.9 Å². The van der Waals surface area contributed by atoms with Crippen LogP contribution < -0.4 is 4.90 Å². The molecule has 2 atom stereocenters. The lowest BCUT2D eigenvalue weighted by atomic mass is 10.2. The van der Waals surface area contributed by atoms with Gasteiger partial charge in [-0.3, -0.25) is 9.69 Å². The number of aromatic nitrogens is 1. The zero-order valence-electron chi connectivity index (χ0n) is 18.2. The Labute approximate surface area is 206 Å². The fourth-order valence-electron chi connectivity index (χ4n) is 4.45. The van der Waals surface area contributed by atoms with E-state index in [4.69, 9.17) is 16.3 Å². The highest BCUT2D eigenvalue weighted by atomic mass is 35.5. The summed E-state index contributed by atoms with van der Waals surface area (Å²) in [5.74, 6) is -0.851. The van der Waals surface area contributed by atoms with Crippen LogP contribution in [0.15, 0.2) is 47.4 Å². The topological polar surface area (TPSA) is 79.8 Å². The van der Waals surface area contributed by atoms with Crippen LogP contribution in [0.4, 0.5) is 9.52 Å². The molecule has 2 aromatic carbocycles. The normalized spacial score (nSPS) is 21.4. The van der Waals surface area contributed by atoms with E-state index in [-0.39, 0.29) is 23.5 Å². The number of benzene rings is 2.